The summed E-state index contributed by atoms with van der Waals surface area (Å²) in [6.07, 6.45) is 6.68. The van der Waals surface area contributed by atoms with Gasteiger partial charge >= 0.3 is 0 Å². The molecule has 1 aromatic heterocycles. The highest BCUT2D eigenvalue weighted by Crippen LogP contribution is 2.75. The molecule has 1 aromatic carbocycles. The summed E-state index contributed by atoms with van der Waals surface area (Å²) in [5.74, 6) is 0.978. The first-order chi connectivity index (χ1) is 16.9. The number of anilines is 2. The fraction of sp³-hybridized carbons (Fsp3) is 0.600. The van der Waals surface area contributed by atoms with Gasteiger partial charge in [0.25, 0.3) is 0 Å². The van der Waals surface area contributed by atoms with Gasteiger partial charge in [-0.25, -0.2) is 26.7 Å². The van der Waals surface area contributed by atoms with Crippen LogP contribution in [0.25, 0.3) is 10.9 Å². The molecule has 2 N–H and O–H groups in total. The van der Waals surface area contributed by atoms with Gasteiger partial charge in [-0.15, -0.1) is 0 Å². The lowest BCUT2D eigenvalue weighted by molar-refractivity contribution is -0.119. The van der Waals surface area contributed by atoms with E-state index >= 15 is 0 Å². The average molecular weight is 532 g/mol. The van der Waals surface area contributed by atoms with Gasteiger partial charge in [-0.3, -0.25) is 4.79 Å². The molecule has 3 saturated carbocycles. The Morgan fingerprint density at radius 2 is 1.81 bits per heavy atom. The highest BCUT2D eigenvalue weighted by molar-refractivity contribution is 7.93. The molecule has 3 aliphatic carbocycles. The monoisotopic (exact) mass is 531 g/mol. The van der Waals surface area contributed by atoms with Gasteiger partial charge in [-0.1, -0.05) is 0 Å². The van der Waals surface area contributed by atoms with Crippen molar-refractivity contribution in [3.63, 3.8) is 0 Å². The molecular weight excluding hydrogens is 498 g/mol. The molecule has 11 heteroatoms. The lowest BCUT2D eigenvalue weighted by Crippen LogP contribution is -2.39. The molecule has 2 heterocycles. The smallest absolute Gasteiger partial charge is 0.241 e. The topological polar surface area (TPSA) is 121 Å². The number of benzene rings is 1. The standard InChI is InChI=1S/C25H33N5O4S2/c1-24(8-9-24)29-36(33,34)18-12-20-19(4-5-22(27-20)28-23(31)25-14-16(25)15-25)21(13-18)30-10-6-17(7-11-30)35(3,32)26-2/h4-5,12-13,16-17,29H,6-11,14-15H2,1-3H3,(H,27,28,31). The van der Waals surface area contributed by atoms with Gasteiger partial charge in [0.15, 0.2) is 0 Å². The lowest BCUT2D eigenvalue weighted by atomic mass is 10.1. The zero-order valence-corrected chi connectivity index (χ0v) is 22.5. The molecule has 1 saturated heterocycles. The fourth-order valence-electron chi connectivity index (χ4n) is 5.35. The molecule has 1 aliphatic heterocycles. The molecule has 0 bridgehead atoms. The Hall–Kier alpha value is -2.24. The number of rotatable bonds is 7. The summed E-state index contributed by atoms with van der Waals surface area (Å²) >= 11 is 0. The highest BCUT2D eigenvalue weighted by Gasteiger charge is 2.74. The predicted octanol–water partition coefficient (Wildman–Crippen LogP) is 3.11. The first kappa shape index (κ1) is 24.1. The third kappa shape index (κ3) is 4.18. The average Bonchev–Trinajstić information content (AvgIpc) is 3.75. The number of hydrogen-bond donors (Lipinski definition) is 2. The summed E-state index contributed by atoms with van der Waals surface area (Å²) in [5, 5.41) is 3.78. The van der Waals surface area contributed by atoms with Gasteiger partial charge in [-0.05, 0) is 75.6 Å². The van der Waals surface area contributed by atoms with Crippen LogP contribution in [0.1, 0.15) is 45.4 Å². The SMILES string of the molecule is CN=S(C)(=O)C1CCN(c2cc(S(=O)(=O)NC3(C)CC3)cc3nc(NC(=O)C45CC4C5)ccc23)CC1. The van der Waals surface area contributed by atoms with Gasteiger partial charge in [0.1, 0.15) is 5.82 Å². The predicted molar refractivity (Wildman–Crippen MR) is 141 cm³/mol. The van der Waals surface area contributed by atoms with Crippen molar-refractivity contribution >= 4 is 48.1 Å². The molecule has 1 atom stereocenters. The van der Waals surface area contributed by atoms with E-state index in [1.54, 1.807) is 31.5 Å². The molecule has 194 valence electrons. The number of piperidine rings is 1. The summed E-state index contributed by atoms with van der Waals surface area (Å²) < 4.78 is 46.4. The Labute approximate surface area is 212 Å². The molecule has 9 nitrogen and oxygen atoms in total. The molecule has 1 amide bonds. The highest BCUT2D eigenvalue weighted by atomic mass is 32.2. The van der Waals surface area contributed by atoms with Crippen LogP contribution in [0.4, 0.5) is 11.5 Å². The molecule has 2 aromatic rings. The molecule has 4 aliphatic rings. The summed E-state index contributed by atoms with van der Waals surface area (Å²) in [7, 11) is -4.39. The van der Waals surface area contributed by atoms with Crippen LogP contribution in [0.15, 0.2) is 33.5 Å². The van der Waals surface area contributed by atoms with E-state index in [9.17, 15) is 17.4 Å². The third-order valence-corrected chi connectivity index (χ3v) is 12.6. The second-order valence-electron chi connectivity index (χ2n) is 11.3. The van der Waals surface area contributed by atoms with E-state index in [-0.39, 0.29) is 21.5 Å². The van der Waals surface area contributed by atoms with Gasteiger partial charge < -0.3 is 10.2 Å². The Balaban J connectivity index is 1.36. The van der Waals surface area contributed by atoms with Crippen LogP contribution >= 0.6 is 0 Å². The second kappa shape index (κ2) is 7.88. The number of carbonyl (C=O) groups excluding carboxylic acids is 1. The first-order valence-corrected chi connectivity index (χ1v) is 16.1. The van der Waals surface area contributed by atoms with Crippen molar-refractivity contribution in [2.45, 2.75) is 61.1 Å². The third-order valence-electron chi connectivity index (χ3n) is 8.59. The van der Waals surface area contributed by atoms with E-state index in [0.717, 1.165) is 36.8 Å². The summed E-state index contributed by atoms with van der Waals surface area (Å²) in [6, 6.07) is 7.02. The van der Waals surface area contributed by atoms with Crippen molar-refractivity contribution in [3.8, 4) is 0 Å². The number of pyridine rings is 1. The van der Waals surface area contributed by atoms with E-state index in [1.807, 2.05) is 13.0 Å². The minimum atomic E-state index is -3.75. The molecule has 4 fully saturated rings. The van der Waals surface area contributed by atoms with Gasteiger partial charge in [0.05, 0.1) is 15.8 Å². The summed E-state index contributed by atoms with van der Waals surface area (Å²) in [6.45, 7) is 3.21. The van der Waals surface area contributed by atoms with Crippen molar-refractivity contribution in [3.05, 3.63) is 24.3 Å². The number of nitrogens with one attached hydrogen (secondary N) is 2. The van der Waals surface area contributed by atoms with Gasteiger partial charge in [0.2, 0.25) is 15.9 Å². The maximum absolute atomic E-state index is 13.3. The van der Waals surface area contributed by atoms with Crippen LogP contribution in [-0.2, 0) is 24.5 Å². The molecule has 6 rings (SSSR count). The quantitative estimate of drug-likeness (QED) is 0.566. The van der Waals surface area contributed by atoms with Gasteiger partial charge in [0, 0.05) is 58.0 Å². The number of aromatic nitrogens is 1. The fourth-order valence-corrected chi connectivity index (χ4v) is 8.23. The maximum Gasteiger partial charge on any atom is 0.241 e. The van der Waals surface area contributed by atoms with Crippen molar-refractivity contribution in [2.24, 2.45) is 15.7 Å². The number of sulfonamides is 1. The lowest BCUT2D eigenvalue weighted by Gasteiger charge is -2.34. The zero-order valence-electron chi connectivity index (χ0n) is 20.9. The van der Waals surface area contributed by atoms with Crippen molar-refractivity contribution in [1.29, 1.82) is 0 Å². The Kier molecular flexibility index (Phi) is 5.28. The van der Waals surface area contributed by atoms with Crippen molar-refractivity contribution in [1.82, 2.24) is 9.71 Å². The number of amides is 1. The van der Waals surface area contributed by atoms with Crippen molar-refractivity contribution < 1.29 is 17.4 Å². The van der Waals surface area contributed by atoms with E-state index in [4.69, 9.17) is 0 Å². The first-order valence-electron chi connectivity index (χ1n) is 12.6. The normalized spacial score (nSPS) is 28.2. The Morgan fingerprint density at radius 1 is 1.14 bits per heavy atom. The molecule has 1 unspecified atom stereocenters. The second-order valence-corrected chi connectivity index (χ2v) is 15.8. The molecule has 0 spiro atoms. The van der Waals surface area contributed by atoms with E-state index in [0.29, 0.717) is 43.2 Å². The number of hydrogen-bond acceptors (Lipinski definition) is 7. The van der Waals surface area contributed by atoms with E-state index in [2.05, 4.69) is 24.3 Å². The minimum Gasteiger partial charge on any atom is -0.371 e. The largest absolute Gasteiger partial charge is 0.371 e. The van der Waals surface area contributed by atoms with E-state index < -0.39 is 25.3 Å². The van der Waals surface area contributed by atoms with Crippen molar-refractivity contribution in [2.75, 3.05) is 36.6 Å². The number of nitrogens with zero attached hydrogens (tertiary/aromatic N) is 3. The van der Waals surface area contributed by atoms with Crippen LogP contribution in [0.3, 0.4) is 0 Å². The summed E-state index contributed by atoms with van der Waals surface area (Å²) in [4.78, 5) is 19.6. The van der Waals surface area contributed by atoms with Crippen LogP contribution in [0.2, 0.25) is 0 Å². The van der Waals surface area contributed by atoms with Crippen LogP contribution in [0, 0.1) is 11.3 Å². The molecule has 0 radical (unpaired) electrons. The number of fused-ring (bicyclic) bond motifs is 2. The molecule has 36 heavy (non-hydrogen) atoms. The summed E-state index contributed by atoms with van der Waals surface area (Å²) in [5.41, 5.74) is 0.739. The molecular formula is C25H33N5O4S2. The number of carbonyl (C=O) groups is 1. The van der Waals surface area contributed by atoms with Gasteiger partial charge in [-0.2, -0.15) is 0 Å². The Morgan fingerprint density at radius 3 is 2.39 bits per heavy atom. The van der Waals surface area contributed by atoms with Crippen LogP contribution in [0.5, 0.6) is 0 Å². The van der Waals surface area contributed by atoms with Crippen LogP contribution < -0.4 is 14.9 Å². The van der Waals surface area contributed by atoms with Crippen LogP contribution in [-0.4, -0.2) is 60.7 Å². The Bertz CT molecular complexity index is 1490. The van der Waals surface area contributed by atoms with E-state index in [1.165, 1.54) is 0 Å². The minimum absolute atomic E-state index is 0.0123. The maximum atomic E-state index is 13.3. The zero-order chi connectivity index (χ0) is 25.5.